The van der Waals surface area contributed by atoms with E-state index in [1.165, 1.54) is 30.3 Å². The van der Waals surface area contributed by atoms with Crippen LogP contribution < -0.4 is 5.73 Å². The molecule has 4 aromatic rings. The Morgan fingerprint density at radius 3 is 1.91 bits per heavy atom. The van der Waals surface area contributed by atoms with E-state index in [-0.39, 0.29) is 33.1 Å². The fourth-order valence-corrected chi connectivity index (χ4v) is 6.19. The summed E-state index contributed by atoms with van der Waals surface area (Å²) < 4.78 is 88.9. The molecule has 244 valence electrons. The number of hydrogen-bond donors (Lipinski definition) is 4. The van der Waals surface area contributed by atoms with Crippen molar-refractivity contribution in [3.05, 3.63) is 71.8 Å². The van der Waals surface area contributed by atoms with E-state index < -0.39 is 47.6 Å². The van der Waals surface area contributed by atoms with E-state index in [1.807, 2.05) is 19.1 Å². The van der Waals surface area contributed by atoms with Crippen LogP contribution >= 0.6 is 0 Å². The number of anilines is 1. The molecule has 0 aromatic heterocycles. The Morgan fingerprint density at radius 1 is 0.804 bits per heavy atom. The van der Waals surface area contributed by atoms with Gasteiger partial charge in [-0.1, -0.05) is 17.7 Å². The molecular formula is C28H29N5O10S3. The van der Waals surface area contributed by atoms with Crippen LogP contribution in [0.4, 0.5) is 28.4 Å². The molecule has 4 aromatic carbocycles. The van der Waals surface area contributed by atoms with E-state index in [2.05, 4.69) is 37.8 Å². The molecule has 0 unspecified atom stereocenters. The van der Waals surface area contributed by atoms with Gasteiger partial charge in [-0.15, -0.1) is 5.11 Å². The third-order valence-corrected chi connectivity index (χ3v) is 9.26. The van der Waals surface area contributed by atoms with Gasteiger partial charge in [0.15, 0.2) is 15.6 Å². The molecule has 0 fully saturated rings. The first-order chi connectivity index (χ1) is 21.4. The van der Waals surface area contributed by atoms with E-state index in [0.29, 0.717) is 22.3 Å². The Morgan fingerprint density at radius 2 is 1.39 bits per heavy atom. The van der Waals surface area contributed by atoms with Gasteiger partial charge in [-0.2, -0.15) is 21.9 Å². The number of azo groups is 1. The van der Waals surface area contributed by atoms with Crippen molar-refractivity contribution in [3.8, 4) is 5.75 Å². The largest absolute Gasteiger partial charge is 0.505 e. The van der Waals surface area contributed by atoms with Crippen LogP contribution in [0.15, 0.2) is 90.7 Å². The molecule has 15 nitrogen and oxygen atoms in total. The van der Waals surface area contributed by atoms with Gasteiger partial charge < -0.3 is 10.8 Å². The maximum atomic E-state index is 11.7. The summed E-state index contributed by atoms with van der Waals surface area (Å²) in [6.45, 7) is 9.57. The minimum atomic E-state index is -4.63. The van der Waals surface area contributed by atoms with Crippen molar-refractivity contribution < 1.29 is 43.6 Å². The number of hydrogen-bond acceptors (Lipinski definition) is 13. The molecule has 5 N–H and O–H groups in total. The zero-order valence-electron chi connectivity index (χ0n) is 24.4. The number of aromatic hydroxyl groups is 1. The van der Waals surface area contributed by atoms with Crippen LogP contribution in [0.2, 0.25) is 0 Å². The van der Waals surface area contributed by atoms with Crippen molar-refractivity contribution in [1.82, 2.24) is 0 Å². The van der Waals surface area contributed by atoms with Crippen molar-refractivity contribution >= 4 is 83.0 Å². The van der Waals surface area contributed by atoms with E-state index in [0.717, 1.165) is 5.56 Å². The summed E-state index contributed by atoms with van der Waals surface area (Å²) in [6.07, 6.45) is 0. The molecule has 46 heavy (non-hydrogen) atoms. The van der Waals surface area contributed by atoms with Gasteiger partial charge in [-0.05, 0) is 86.8 Å². The number of fused-ring (bicyclic) bond motifs is 1. The molecule has 0 bridgehead atoms. The number of phenolic OH excluding ortho intramolecular Hbond substituents is 1. The van der Waals surface area contributed by atoms with Gasteiger partial charge in [-0.3, -0.25) is 19.1 Å². The van der Waals surface area contributed by atoms with Crippen LogP contribution in [0.3, 0.4) is 0 Å². The fraction of sp³-hybridized carbons (Fsp3) is 0.143. The molecule has 0 amide bonds. The lowest BCUT2D eigenvalue weighted by atomic mass is 10.0. The molecule has 0 aliphatic heterocycles. The average Bonchev–Trinajstić information content (AvgIpc) is 2.96. The lowest BCUT2D eigenvalue weighted by Crippen LogP contribution is -2.15. The second kappa shape index (κ2) is 14.2. The summed E-state index contributed by atoms with van der Waals surface area (Å²) >= 11 is 0. The normalized spacial score (nSPS) is 12.1. The SMILES string of the molecule is C=Nc1c(S(=O)(=O)O)cc2cc(C)c(N=Nc3ccc(C)cc3)c(O)c2c1N.C=Nc1ccc(S(=O)(=O)CCOS(=O)(=O)O)cc1. The molecule has 18 heteroatoms. The van der Waals surface area contributed by atoms with Crippen molar-refractivity contribution in [2.24, 2.45) is 20.2 Å². The summed E-state index contributed by atoms with van der Waals surface area (Å²) in [6, 6.07) is 15.7. The number of aliphatic imine (C=N–C) groups is 2. The summed E-state index contributed by atoms with van der Waals surface area (Å²) in [4.78, 5) is 6.73. The fourth-order valence-electron chi connectivity index (χ4n) is 4.00. The highest BCUT2D eigenvalue weighted by Crippen LogP contribution is 2.46. The van der Waals surface area contributed by atoms with Crippen LogP contribution in [0.1, 0.15) is 11.1 Å². The lowest BCUT2D eigenvalue weighted by molar-refractivity contribution is 0.284. The third kappa shape index (κ3) is 8.99. The van der Waals surface area contributed by atoms with E-state index in [9.17, 15) is 34.9 Å². The smallest absolute Gasteiger partial charge is 0.397 e. The highest BCUT2D eigenvalue weighted by molar-refractivity contribution is 7.91. The van der Waals surface area contributed by atoms with E-state index in [1.54, 1.807) is 25.1 Å². The molecule has 0 aliphatic rings. The van der Waals surface area contributed by atoms with Gasteiger partial charge in [-0.25, -0.2) is 12.6 Å². The quantitative estimate of drug-likeness (QED) is 0.0714. The predicted octanol–water partition coefficient (Wildman–Crippen LogP) is 5.35. The first kappa shape index (κ1) is 35.9. The molecular weight excluding hydrogens is 663 g/mol. The number of nitrogen functional groups attached to an aromatic ring is 1. The Labute approximate surface area is 265 Å². The first-order valence-corrected chi connectivity index (χ1v) is 17.3. The maximum Gasteiger partial charge on any atom is 0.397 e. The van der Waals surface area contributed by atoms with Crippen molar-refractivity contribution in [3.63, 3.8) is 0 Å². The molecule has 0 radical (unpaired) electrons. The van der Waals surface area contributed by atoms with Gasteiger partial charge in [0.1, 0.15) is 16.3 Å². The van der Waals surface area contributed by atoms with Crippen LogP contribution in [-0.2, 0) is 34.5 Å². The van der Waals surface area contributed by atoms with Gasteiger partial charge in [0, 0.05) is 0 Å². The van der Waals surface area contributed by atoms with Crippen LogP contribution in [0, 0.1) is 13.8 Å². The highest BCUT2D eigenvalue weighted by Gasteiger charge is 2.23. The van der Waals surface area contributed by atoms with Gasteiger partial charge in [0.2, 0.25) is 0 Å². The van der Waals surface area contributed by atoms with E-state index >= 15 is 0 Å². The topological polar surface area (TPSA) is 248 Å². The number of sulfone groups is 1. The Balaban J connectivity index is 0.000000277. The predicted molar refractivity (Wildman–Crippen MR) is 174 cm³/mol. The van der Waals surface area contributed by atoms with Crippen molar-refractivity contribution in [2.45, 2.75) is 23.6 Å². The van der Waals surface area contributed by atoms with Gasteiger partial charge >= 0.3 is 10.4 Å². The minimum Gasteiger partial charge on any atom is -0.505 e. The van der Waals surface area contributed by atoms with Gasteiger partial charge in [0.05, 0.1) is 39.7 Å². The number of nitrogens with zero attached hydrogens (tertiary/aromatic N) is 4. The van der Waals surface area contributed by atoms with E-state index in [4.69, 9.17) is 10.3 Å². The number of nitrogens with two attached hydrogens (primary N) is 1. The number of aryl methyl sites for hydroxylation is 2. The highest BCUT2D eigenvalue weighted by atomic mass is 32.3. The molecule has 0 aliphatic carbocycles. The molecule has 4 rings (SSSR count). The minimum absolute atomic E-state index is 0.00818. The third-order valence-electron chi connectivity index (χ3n) is 6.24. The Bertz CT molecular complexity index is 2150. The summed E-state index contributed by atoms with van der Waals surface area (Å²) in [5.74, 6) is -0.830. The average molecular weight is 692 g/mol. The first-order valence-electron chi connectivity index (χ1n) is 12.8. The zero-order valence-corrected chi connectivity index (χ0v) is 26.8. The lowest BCUT2D eigenvalue weighted by Gasteiger charge is -2.13. The number of rotatable bonds is 10. The molecule has 0 saturated carbocycles. The second-order valence-electron chi connectivity index (χ2n) is 9.52. The number of benzene rings is 4. The monoisotopic (exact) mass is 691 g/mol. The van der Waals surface area contributed by atoms with Gasteiger partial charge in [0.25, 0.3) is 10.1 Å². The molecule has 0 saturated heterocycles. The molecule has 0 atom stereocenters. The Kier molecular flexibility index (Phi) is 11.1. The Hall–Kier alpha value is -4.59. The second-order valence-corrected chi connectivity index (χ2v) is 14.1. The molecule has 0 heterocycles. The summed E-state index contributed by atoms with van der Waals surface area (Å²) in [5.41, 5.74) is 8.59. The number of phenols is 1. The van der Waals surface area contributed by atoms with Crippen LogP contribution in [0.5, 0.6) is 5.75 Å². The van der Waals surface area contributed by atoms with Crippen LogP contribution in [-0.4, -0.2) is 65.3 Å². The standard InChI is InChI=1S/C19H18N4O4S.C9H11NO6S2/c1-10-4-6-13(7-5-10)22-23-17-11(2)8-12-9-14(28(25,26)27)18(21-3)16(20)15(12)19(17)24;1-10-8-2-4-9(5-3-8)17(11,12)7-6-16-18(13,14)15/h4-9,24H,3,20H2,1-2H3,(H,25,26,27);2-5H,1,6-7H2,(H,13,14,15). The van der Waals surface area contributed by atoms with Crippen molar-refractivity contribution in [1.29, 1.82) is 0 Å². The zero-order chi connectivity index (χ0) is 34.4. The maximum absolute atomic E-state index is 11.7. The summed E-state index contributed by atoms with van der Waals surface area (Å²) in [5, 5.41) is 19.5. The van der Waals surface area contributed by atoms with Crippen molar-refractivity contribution in [2.75, 3.05) is 18.1 Å². The van der Waals surface area contributed by atoms with Crippen LogP contribution in [0.25, 0.3) is 10.8 Å². The molecule has 0 spiro atoms. The summed E-state index contributed by atoms with van der Waals surface area (Å²) in [7, 11) is -12.9.